The van der Waals surface area contributed by atoms with Gasteiger partial charge in [0.1, 0.15) is 17.6 Å². The normalized spacial score (nSPS) is 9.65. The Morgan fingerprint density at radius 3 is 2.75 bits per heavy atom. The summed E-state index contributed by atoms with van der Waals surface area (Å²) in [6.07, 6.45) is 0. The van der Waals surface area contributed by atoms with Gasteiger partial charge in [0.2, 0.25) is 0 Å². The molecule has 2 aromatic rings. The number of hydrogen-bond donors (Lipinski definition) is 1. The van der Waals surface area contributed by atoms with Crippen molar-refractivity contribution in [3.63, 3.8) is 0 Å². The second kappa shape index (κ2) is 5.85. The van der Waals surface area contributed by atoms with Crippen LogP contribution in [0.4, 0.5) is 10.1 Å². The Morgan fingerprint density at radius 2 is 2.05 bits per heavy atom. The molecule has 100 valence electrons. The van der Waals surface area contributed by atoms with Gasteiger partial charge in [-0.2, -0.15) is 5.26 Å². The first kappa shape index (κ1) is 13.6. The van der Waals surface area contributed by atoms with E-state index in [1.54, 1.807) is 24.3 Å². The molecule has 0 radical (unpaired) electrons. The average Bonchev–Trinajstić information content (AvgIpc) is 2.47. The van der Waals surface area contributed by atoms with Crippen LogP contribution in [0, 0.1) is 17.1 Å². The maximum absolute atomic E-state index is 13.2. The fourth-order valence-electron chi connectivity index (χ4n) is 1.74. The van der Waals surface area contributed by atoms with E-state index in [4.69, 9.17) is 10.00 Å². The van der Waals surface area contributed by atoms with Crippen LogP contribution in [0.5, 0.6) is 5.75 Å². The highest BCUT2D eigenvalue weighted by Gasteiger charge is 2.14. The van der Waals surface area contributed by atoms with Crippen molar-refractivity contribution in [2.24, 2.45) is 0 Å². The van der Waals surface area contributed by atoms with Crippen molar-refractivity contribution in [3.05, 3.63) is 59.4 Å². The van der Waals surface area contributed by atoms with Crippen molar-refractivity contribution >= 4 is 11.6 Å². The van der Waals surface area contributed by atoms with Gasteiger partial charge in [-0.25, -0.2) is 4.39 Å². The number of nitriles is 1. The molecule has 0 aromatic heterocycles. The molecule has 0 heterocycles. The van der Waals surface area contributed by atoms with E-state index >= 15 is 0 Å². The third kappa shape index (κ3) is 2.75. The molecule has 0 bridgehead atoms. The molecule has 2 aromatic carbocycles. The molecule has 0 aliphatic heterocycles. The Hall–Kier alpha value is -2.87. The molecule has 20 heavy (non-hydrogen) atoms. The molecule has 0 saturated carbocycles. The third-order valence-electron chi connectivity index (χ3n) is 2.70. The first-order valence-electron chi connectivity index (χ1n) is 5.79. The zero-order valence-electron chi connectivity index (χ0n) is 10.7. The number of rotatable bonds is 3. The second-order valence-electron chi connectivity index (χ2n) is 3.96. The number of nitrogens with zero attached hydrogens (tertiary/aromatic N) is 1. The summed E-state index contributed by atoms with van der Waals surface area (Å²) in [6, 6.07) is 12.2. The van der Waals surface area contributed by atoms with Gasteiger partial charge >= 0.3 is 0 Å². The van der Waals surface area contributed by atoms with Crippen LogP contribution in [0.15, 0.2) is 42.5 Å². The molecule has 0 atom stereocenters. The molecule has 0 saturated heterocycles. The lowest BCUT2D eigenvalue weighted by Gasteiger charge is -2.10. The van der Waals surface area contributed by atoms with Gasteiger partial charge in [0.05, 0.1) is 23.9 Å². The zero-order valence-corrected chi connectivity index (χ0v) is 10.7. The average molecular weight is 270 g/mol. The number of anilines is 1. The smallest absolute Gasteiger partial charge is 0.259 e. The van der Waals surface area contributed by atoms with Gasteiger partial charge in [0, 0.05) is 0 Å². The van der Waals surface area contributed by atoms with E-state index in [1.807, 2.05) is 6.07 Å². The first-order valence-corrected chi connectivity index (χ1v) is 5.79. The number of hydrogen-bond acceptors (Lipinski definition) is 3. The molecular formula is C15H11FN2O2. The first-order chi connectivity index (χ1) is 9.65. The number of halogens is 1. The number of methoxy groups -OCH3 is 1. The van der Waals surface area contributed by atoms with E-state index < -0.39 is 11.7 Å². The Kier molecular flexibility index (Phi) is 3.96. The summed E-state index contributed by atoms with van der Waals surface area (Å²) in [5.74, 6) is -0.813. The fraction of sp³-hybridized carbons (Fsp3) is 0.0667. The van der Waals surface area contributed by atoms with E-state index in [1.165, 1.54) is 19.2 Å². The van der Waals surface area contributed by atoms with Gasteiger partial charge in [0.25, 0.3) is 5.91 Å². The number of carbonyl (C=O) groups excluding carboxylic acids is 1. The second-order valence-corrected chi connectivity index (χ2v) is 3.96. The van der Waals surface area contributed by atoms with Crippen molar-refractivity contribution < 1.29 is 13.9 Å². The van der Waals surface area contributed by atoms with Crippen LogP contribution in [0.25, 0.3) is 0 Å². The predicted molar refractivity (Wildman–Crippen MR) is 72.1 cm³/mol. The molecule has 4 nitrogen and oxygen atoms in total. The molecule has 0 fully saturated rings. The molecule has 5 heteroatoms. The highest BCUT2D eigenvalue weighted by atomic mass is 19.1. The summed E-state index contributed by atoms with van der Waals surface area (Å²) in [5, 5.41) is 11.5. The zero-order chi connectivity index (χ0) is 14.5. The molecule has 0 aliphatic carbocycles. The molecular weight excluding hydrogens is 259 g/mol. The number of carbonyl (C=O) groups is 1. The van der Waals surface area contributed by atoms with Crippen molar-refractivity contribution in [2.45, 2.75) is 0 Å². The number of ether oxygens (including phenoxy) is 1. The maximum Gasteiger partial charge on any atom is 0.259 e. The highest BCUT2D eigenvalue weighted by molar-refractivity contribution is 6.06. The highest BCUT2D eigenvalue weighted by Crippen LogP contribution is 2.22. The minimum Gasteiger partial charge on any atom is -0.496 e. The lowest BCUT2D eigenvalue weighted by atomic mass is 10.1. The summed E-state index contributed by atoms with van der Waals surface area (Å²) in [7, 11) is 1.40. The van der Waals surface area contributed by atoms with Gasteiger partial charge < -0.3 is 10.1 Å². The minimum atomic E-state index is -0.538. The maximum atomic E-state index is 13.2. The topological polar surface area (TPSA) is 62.1 Å². The fourth-order valence-corrected chi connectivity index (χ4v) is 1.74. The number of para-hydroxylation sites is 1. The van der Waals surface area contributed by atoms with Crippen LogP contribution in [-0.4, -0.2) is 13.0 Å². The summed E-state index contributed by atoms with van der Waals surface area (Å²) in [5.41, 5.74) is 0.766. The van der Waals surface area contributed by atoms with Crippen LogP contribution < -0.4 is 10.1 Å². The van der Waals surface area contributed by atoms with Gasteiger partial charge in [0.15, 0.2) is 0 Å². The van der Waals surface area contributed by atoms with Crippen LogP contribution in [0.3, 0.4) is 0 Å². The summed E-state index contributed by atoms with van der Waals surface area (Å²) >= 11 is 0. The molecule has 0 aliphatic rings. The largest absolute Gasteiger partial charge is 0.496 e. The SMILES string of the molecule is COc1ccc(F)cc1C(=O)Nc1ccccc1C#N. The quantitative estimate of drug-likeness (QED) is 0.932. The number of nitrogens with one attached hydrogen (secondary N) is 1. The molecule has 2 rings (SSSR count). The molecule has 1 amide bonds. The number of amides is 1. The van der Waals surface area contributed by atoms with Crippen LogP contribution >= 0.6 is 0 Å². The van der Waals surface area contributed by atoms with Crippen LogP contribution in [-0.2, 0) is 0 Å². The third-order valence-corrected chi connectivity index (χ3v) is 2.70. The lowest BCUT2D eigenvalue weighted by molar-refractivity contribution is 0.102. The summed E-state index contributed by atoms with van der Waals surface area (Å²) in [4.78, 5) is 12.1. The van der Waals surface area contributed by atoms with Gasteiger partial charge in [-0.15, -0.1) is 0 Å². The van der Waals surface area contributed by atoms with E-state index in [2.05, 4.69) is 5.32 Å². The van der Waals surface area contributed by atoms with Gasteiger partial charge in [-0.05, 0) is 30.3 Å². The lowest BCUT2D eigenvalue weighted by Crippen LogP contribution is -2.14. The number of benzene rings is 2. The van der Waals surface area contributed by atoms with Crippen LogP contribution in [0.2, 0.25) is 0 Å². The van der Waals surface area contributed by atoms with E-state index in [0.717, 1.165) is 6.07 Å². The predicted octanol–water partition coefficient (Wildman–Crippen LogP) is 2.96. The Labute approximate surface area is 115 Å². The van der Waals surface area contributed by atoms with Crippen molar-refractivity contribution in [1.29, 1.82) is 5.26 Å². The minimum absolute atomic E-state index is 0.0697. The van der Waals surface area contributed by atoms with Crippen molar-refractivity contribution in [1.82, 2.24) is 0 Å². The van der Waals surface area contributed by atoms with Gasteiger partial charge in [-0.1, -0.05) is 12.1 Å². The Morgan fingerprint density at radius 1 is 1.30 bits per heavy atom. The van der Waals surface area contributed by atoms with E-state index in [-0.39, 0.29) is 11.3 Å². The van der Waals surface area contributed by atoms with Crippen LogP contribution in [0.1, 0.15) is 15.9 Å². The van der Waals surface area contributed by atoms with Gasteiger partial charge in [-0.3, -0.25) is 4.79 Å². The summed E-state index contributed by atoms with van der Waals surface area (Å²) < 4.78 is 18.3. The van der Waals surface area contributed by atoms with E-state index in [9.17, 15) is 9.18 Å². The van der Waals surface area contributed by atoms with E-state index in [0.29, 0.717) is 11.3 Å². The van der Waals surface area contributed by atoms with Crippen molar-refractivity contribution in [3.8, 4) is 11.8 Å². The van der Waals surface area contributed by atoms with Crippen molar-refractivity contribution in [2.75, 3.05) is 12.4 Å². The molecule has 0 spiro atoms. The Balaban J connectivity index is 2.33. The Bertz CT molecular complexity index is 693. The molecule has 0 unspecified atom stereocenters. The summed E-state index contributed by atoms with van der Waals surface area (Å²) in [6.45, 7) is 0. The molecule has 1 N–H and O–H groups in total. The monoisotopic (exact) mass is 270 g/mol. The standard InChI is InChI=1S/C15H11FN2O2/c1-20-14-7-6-11(16)8-12(14)15(19)18-13-5-3-2-4-10(13)9-17/h2-8H,1H3,(H,18,19).